The number of aromatic nitrogens is 2. The molecule has 0 fully saturated rings. The Kier molecular flexibility index (Phi) is 7.12. The molecule has 0 saturated carbocycles. The predicted molar refractivity (Wildman–Crippen MR) is 83.3 cm³/mol. The molecule has 2 rings (SSSR count). The van der Waals surface area contributed by atoms with E-state index in [1.54, 1.807) is 0 Å². The van der Waals surface area contributed by atoms with Crippen molar-refractivity contribution in [2.75, 3.05) is 6.61 Å². The number of nitrogens with zero attached hydrogens (tertiary/aromatic N) is 2. The minimum Gasteiger partial charge on any atom is -0.494 e. The molecule has 2 aromatic rings. The Morgan fingerprint density at radius 2 is 1.80 bits per heavy atom. The molecule has 5 heteroatoms. The lowest BCUT2D eigenvalue weighted by molar-refractivity contribution is 0.340. The summed E-state index contributed by atoms with van der Waals surface area (Å²) in [5.74, 6) is 0.926. The first-order valence-corrected chi connectivity index (χ1v) is 6.75. The first-order chi connectivity index (χ1) is 9.31. The Labute approximate surface area is 126 Å². The van der Waals surface area contributed by atoms with E-state index in [1.165, 1.54) is 11.1 Å². The van der Waals surface area contributed by atoms with Gasteiger partial charge in [-0.05, 0) is 31.5 Å². The molecule has 1 aromatic heterocycles. The van der Waals surface area contributed by atoms with Crippen LogP contribution >= 0.6 is 12.4 Å². The molecule has 1 heterocycles. The first-order valence-electron chi connectivity index (χ1n) is 6.75. The van der Waals surface area contributed by atoms with Crippen LogP contribution in [-0.4, -0.2) is 16.4 Å². The van der Waals surface area contributed by atoms with Crippen molar-refractivity contribution in [3.8, 4) is 5.75 Å². The summed E-state index contributed by atoms with van der Waals surface area (Å²) in [6.45, 7) is 7.39. The van der Waals surface area contributed by atoms with E-state index in [2.05, 4.69) is 35.7 Å². The van der Waals surface area contributed by atoms with Gasteiger partial charge in [-0.15, -0.1) is 12.4 Å². The number of nitrogens with one attached hydrogen (secondary N) is 1. The van der Waals surface area contributed by atoms with Crippen LogP contribution in [0.1, 0.15) is 25.0 Å². The summed E-state index contributed by atoms with van der Waals surface area (Å²) >= 11 is 0. The van der Waals surface area contributed by atoms with Gasteiger partial charge in [-0.25, -0.2) is 0 Å². The first kappa shape index (κ1) is 16.5. The highest BCUT2D eigenvalue weighted by atomic mass is 35.5. The molecule has 0 unspecified atom stereocenters. The van der Waals surface area contributed by atoms with Gasteiger partial charge in [0, 0.05) is 31.4 Å². The highest BCUT2D eigenvalue weighted by Crippen LogP contribution is 2.12. The van der Waals surface area contributed by atoms with E-state index < -0.39 is 0 Å². The summed E-state index contributed by atoms with van der Waals surface area (Å²) in [5, 5.41) is 7.67. The maximum atomic E-state index is 5.42. The molecule has 0 aliphatic rings. The third kappa shape index (κ3) is 4.87. The van der Waals surface area contributed by atoms with Gasteiger partial charge in [-0.3, -0.25) is 4.68 Å². The van der Waals surface area contributed by atoms with Crippen LogP contribution in [0.5, 0.6) is 5.75 Å². The van der Waals surface area contributed by atoms with Crippen LogP contribution < -0.4 is 10.1 Å². The fraction of sp³-hybridized carbons (Fsp3) is 0.400. The minimum atomic E-state index is 0. The highest BCUT2D eigenvalue weighted by molar-refractivity contribution is 5.85. The van der Waals surface area contributed by atoms with Crippen molar-refractivity contribution < 1.29 is 4.74 Å². The van der Waals surface area contributed by atoms with Gasteiger partial charge in [0.05, 0.1) is 12.8 Å². The smallest absolute Gasteiger partial charge is 0.119 e. The quantitative estimate of drug-likeness (QED) is 0.853. The monoisotopic (exact) mass is 295 g/mol. The van der Waals surface area contributed by atoms with E-state index in [4.69, 9.17) is 4.74 Å². The van der Waals surface area contributed by atoms with Crippen LogP contribution in [0.2, 0.25) is 0 Å². The summed E-state index contributed by atoms with van der Waals surface area (Å²) in [7, 11) is 0. The van der Waals surface area contributed by atoms with Crippen molar-refractivity contribution in [3.05, 3.63) is 47.8 Å². The summed E-state index contributed by atoms with van der Waals surface area (Å²) < 4.78 is 7.36. The lowest BCUT2D eigenvalue weighted by Crippen LogP contribution is -2.12. The molecule has 0 radical (unpaired) electrons. The van der Waals surface area contributed by atoms with E-state index in [9.17, 15) is 0 Å². The molecule has 0 bridgehead atoms. The van der Waals surface area contributed by atoms with Crippen LogP contribution in [0, 0.1) is 0 Å². The van der Waals surface area contributed by atoms with Crippen LogP contribution in [0.4, 0.5) is 0 Å². The van der Waals surface area contributed by atoms with E-state index in [1.807, 2.05) is 29.9 Å². The summed E-state index contributed by atoms with van der Waals surface area (Å²) in [6, 6.07) is 8.20. The summed E-state index contributed by atoms with van der Waals surface area (Å²) in [4.78, 5) is 0. The normalized spacial score (nSPS) is 10.1. The van der Waals surface area contributed by atoms with Gasteiger partial charge in [0.15, 0.2) is 0 Å². The van der Waals surface area contributed by atoms with Crippen molar-refractivity contribution in [2.24, 2.45) is 0 Å². The summed E-state index contributed by atoms with van der Waals surface area (Å²) in [5.41, 5.74) is 2.47. The van der Waals surface area contributed by atoms with Crippen LogP contribution in [0.3, 0.4) is 0 Å². The molecular formula is C15H22ClN3O. The molecule has 4 nitrogen and oxygen atoms in total. The Morgan fingerprint density at radius 1 is 1.10 bits per heavy atom. The van der Waals surface area contributed by atoms with Crippen LogP contribution in [-0.2, 0) is 19.6 Å². The largest absolute Gasteiger partial charge is 0.494 e. The summed E-state index contributed by atoms with van der Waals surface area (Å²) in [6.07, 6.45) is 3.99. The van der Waals surface area contributed by atoms with Gasteiger partial charge in [-0.1, -0.05) is 12.1 Å². The molecule has 0 aliphatic heterocycles. The maximum absolute atomic E-state index is 5.42. The third-order valence-electron chi connectivity index (χ3n) is 2.90. The fourth-order valence-electron chi connectivity index (χ4n) is 1.89. The molecular weight excluding hydrogens is 274 g/mol. The van der Waals surface area contributed by atoms with Crippen molar-refractivity contribution >= 4 is 12.4 Å². The number of hydrogen-bond donors (Lipinski definition) is 1. The number of aryl methyl sites for hydroxylation is 1. The number of rotatable bonds is 7. The molecule has 0 atom stereocenters. The Bertz CT molecular complexity index is 496. The molecule has 0 spiro atoms. The standard InChI is InChI=1S/C15H21N3O.ClH/c1-3-18-12-14(11-17-18)10-16-9-13-5-7-15(8-6-13)19-4-2;/h5-8,11-12,16H,3-4,9-10H2,1-2H3;1H. The molecule has 0 aliphatic carbocycles. The Morgan fingerprint density at radius 3 is 2.40 bits per heavy atom. The van der Waals surface area contributed by atoms with Gasteiger partial charge in [0.1, 0.15) is 5.75 Å². The van der Waals surface area contributed by atoms with Crippen LogP contribution in [0.15, 0.2) is 36.7 Å². The zero-order valence-corrected chi connectivity index (χ0v) is 12.8. The van der Waals surface area contributed by atoms with E-state index in [0.29, 0.717) is 6.61 Å². The van der Waals surface area contributed by atoms with Crippen molar-refractivity contribution in [2.45, 2.75) is 33.5 Å². The molecule has 20 heavy (non-hydrogen) atoms. The van der Waals surface area contributed by atoms with E-state index in [0.717, 1.165) is 25.4 Å². The van der Waals surface area contributed by atoms with Gasteiger partial charge >= 0.3 is 0 Å². The zero-order valence-electron chi connectivity index (χ0n) is 12.0. The minimum absolute atomic E-state index is 0. The van der Waals surface area contributed by atoms with Crippen molar-refractivity contribution in [3.63, 3.8) is 0 Å². The predicted octanol–water partition coefficient (Wildman–Crippen LogP) is 3.01. The molecule has 0 saturated heterocycles. The lowest BCUT2D eigenvalue weighted by Gasteiger charge is -2.06. The second kappa shape index (κ2) is 8.61. The van der Waals surface area contributed by atoms with E-state index in [-0.39, 0.29) is 12.4 Å². The number of ether oxygens (including phenoxy) is 1. The van der Waals surface area contributed by atoms with Gasteiger partial charge in [-0.2, -0.15) is 5.10 Å². The fourth-order valence-corrected chi connectivity index (χ4v) is 1.89. The van der Waals surface area contributed by atoms with Crippen molar-refractivity contribution in [1.82, 2.24) is 15.1 Å². The topological polar surface area (TPSA) is 39.1 Å². The maximum Gasteiger partial charge on any atom is 0.119 e. The molecule has 1 aromatic carbocycles. The average Bonchev–Trinajstić information content (AvgIpc) is 2.89. The highest BCUT2D eigenvalue weighted by Gasteiger charge is 1.98. The lowest BCUT2D eigenvalue weighted by atomic mass is 10.2. The Hall–Kier alpha value is -1.52. The number of benzene rings is 1. The molecule has 110 valence electrons. The van der Waals surface area contributed by atoms with Crippen LogP contribution in [0.25, 0.3) is 0 Å². The second-order valence-corrected chi connectivity index (χ2v) is 4.38. The SMILES string of the molecule is CCOc1ccc(CNCc2cnn(CC)c2)cc1.Cl. The Balaban J connectivity index is 0.00000200. The van der Waals surface area contributed by atoms with Gasteiger partial charge in [0.2, 0.25) is 0 Å². The van der Waals surface area contributed by atoms with Crippen molar-refractivity contribution in [1.29, 1.82) is 0 Å². The van der Waals surface area contributed by atoms with E-state index >= 15 is 0 Å². The third-order valence-corrected chi connectivity index (χ3v) is 2.90. The second-order valence-electron chi connectivity index (χ2n) is 4.38. The average molecular weight is 296 g/mol. The van der Waals surface area contributed by atoms with Gasteiger partial charge in [0.25, 0.3) is 0 Å². The molecule has 0 amide bonds. The van der Waals surface area contributed by atoms with Gasteiger partial charge < -0.3 is 10.1 Å². The number of halogens is 1. The number of hydrogen-bond acceptors (Lipinski definition) is 3. The zero-order chi connectivity index (χ0) is 13.5. The molecule has 1 N–H and O–H groups in total.